The SMILES string of the molecule is CC(C)C1(C(=O)O)CCN(C(=O)CCNC(=O)c2ccco2)C1. The summed E-state index contributed by atoms with van der Waals surface area (Å²) in [5.74, 6) is -1.21. The Morgan fingerprint density at radius 2 is 2.17 bits per heavy atom. The predicted molar refractivity (Wildman–Crippen MR) is 81.8 cm³/mol. The van der Waals surface area contributed by atoms with Gasteiger partial charge in [0.05, 0.1) is 11.7 Å². The maximum atomic E-state index is 12.2. The second-order valence-electron chi connectivity index (χ2n) is 6.16. The third-order valence-electron chi connectivity index (χ3n) is 4.55. The zero-order valence-corrected chi connectivity index (χ0v) is 13.4. The van der Waals surface area contributed by atoms with Crippen LogP contribution >= 0.6 is 0 Å². The van der Waals surface area contributed by atoms with E-state index >= 15 is 0 Å². The van der Waals surface area contributed by atoms with Gasteiger partial charge in [-0.15, -0.1) is 0 Å². The van der Waals surface area contributed by atoms with Gasteiger partial charge in [0.15, 0.2) is 5.76 Å². The van der Waals surface area contributed by atoms with Crippen LogP contribution in [0.15, 0.2) is 22.8 Å². The van der Waals surface area contributed by atoms with Crippen molar-refractivity contribution in [3.63, 3.8) is 0 Å². The molecule has 0 spiro atoms. The third-order valence-corrected chi connectivity index (χ3v) is 4.55. The molecule has 1 aliphatic heterocycles. The molecule has 1 fully saturated rings. The molecule has 0 bridgehead atoms. The molecule has 1 aromatic heterocycles. The average Bonchev–Trinajstić information content (AvgIpc) is 3.17. The van der Waals surface area contributed by atoms with Gasteiger partial charge in [0.25, 0.3) is 5.91 Å². The van der Waals surface area contributed by atoms with Crippen molar-refractivity contribution in [2.75, 3.05) is 19.6 Å². The van der Waals surface area contributed by atoms with Crippen LogP contribution < -0.4 is 5.32 Å². The van der Waals surface area contributed by atoms with E-state index in [1.807, 2.05) is 13.8 Å². The standard InChI is InChI=1S/C16H22N2O5/c1-11(2)16(15(21)22)6-8-18(10-16)13(19)5-7-17-14(20)12-4-3-9-23-12/h3-4,9,11H,5-8,10H2,1-2H3,(H,17,20)(H,21,22). The Hall–Kier alpha value is -2.31. The first-order chi connectivity index (χ1) is 10.9. The van der Waals surface area contributed by atoms with Crippen LogP contribution in [0, 0.1) is 11.3 Å². The van der Waals surface area contributed by atoms with E-state index in [4.69, 9.17) is 4.42 Å². The van der Waals surface area contributed by atoms with Crippen LogP contribution in [0.2, 0.25) is 0 Å². The number of carboxylic acids is 1. The number of carbonyl (C=O) groups is 3. The van der Waals surface area contributed by atoms with Gasteiger partial charge in [-0.2, -0.15) is 0 Å². The van der Waals surface area contributed by atoms with Crippen molar-refractivity contribution < 1.29 is 23.9 Å². The minimum Gasteiger partial charge on any atom is -0.481 e. The number of rotatable bonds is 6. The number of nitrogens with one attached hydrogen (secondary N) is 1. The van der Waals surface area contributed by atoms with E-state index in [2.05, 4.69) is 5.32 Å². The number of furan rings is 1. The Morgan fingerprint density at radius 1 is 1.43 bits per heavy atom. The van der Waals surface area contributed by atoms with Crippen LogP contribution in [-0.2, 0) is 9.59 Å². The number of hydrogen-bond donors (Lipinski definition) is 2. The number of nitrogens with zero attached hydrogens (tertiary/aromatic N) is 1. The molecule has 2 heterocycles. The van der Waals surface area contributed by atoms with Crippen LogP contribution in [0.5, 0.6) is 0 Å². The predicted octanol–water partition coefficient (Wildman–Crippen LogP) is 1.36. The van der Waals surface area contributed by atoms with Gasteiger partial charge in [0.1, 0.15) is 0 Å². The second kappa shape index (κ2) is 6.85. The molecule has 0 radical (unpaired) electrons. The zero-order chi connectivity index (χ0) is 17.0. The minimum atomic E-state index is -0.868. The summed E-state index contributed by atoms with van der Waals surface area (Å²) in [6.45, 7) is 4.59. The highest BCUT2D eigenvalue weighted by molar-refractivity contribution is 5.91. The highest BCUT2D eigenvalue weighted by atomic mass is 16.4. The summed E-state index contributed by atoms with van der Waals surface area (Å²) in [6, 6.07) is 3.16. The molecule has 1 aliphatic rings. The van der Waals surface area contributed by atoms with Gasteiger partial charge in [-0.05, 0) is 24.5 Å². The van der Waals surface area contributed by atoms with E-state index in [0.717, 1.165) is 0 Å². The molecule has 1 aromatic rings. The van der Waals surface area contributed by atoms with Crippen LogP contribution in [0.1, 0.15) is 37.2 Å². The molecule has 0 saturated carbocycles. The Bertz CT molecular complexity index is 581. The molecule has 7 nitrogen and oxygen atoms in total. The molecule has 23 heavy (non-hydrogen) atoms. The van der Waals surface area contributed by atoms with Crippen molar-refractivity contribution in [2.24, 2.45) is 11.3 Å². The van der Waals surface area contributed by atoms with Crippen LogP contribution in [0.4, 0.5) is 0 Å². The third kappa shape index (κ3) is 3.55. The van der Waals surface area contributed by atoms with E-state index in [1.54, 1.807) is 17.0 Å². The summed E-state index contributed by atoms with van der Waals surface area (Å²) in [6.07, 6.45) is 2.01. The van der Waals surface area contributed by atoms with Gasteiger partial charge < -0.3 is 19.7 Å². The maximum absolute atomic E-state index is 12.2. The summed E-state index contributed by atoms with van der Waals surface area (Å²) in [7, 11) is 0. The monoisotopic (exact) mass is 322 g/mol. The molecule has 1 saturated heterocycles. The Labute approximate surface area is 134 Å². The van der Waals surface area contributed by atoms with Crippen LogP contribution in [0.25, 0.3) is 0 Å². The first kappa shape index (κ1) is 17.1. The highest BCUT2D eigenvalue weighted by Gasteiger charge is 2.48. The van der Waals surface area contributed by atoms with Crippen molar-refractivity contribution in [1.29, 1.82) is 0 Å². The zero-order valence-electron chi connectivity index (χ0n) is 13.4. The molecule has 2 amide bonds. The molecule has 1 atom stereocenters. The quantitative estimate of drug-likeness (QED) is 0.823. The highest BCUT2D eigenvalue weighted by Crippen LogP contribution is 2.38. The van der Waals surface area contributed by atoms with E-state index < -0.39 is 11.4 Å². The molecular formula is C16H22N2O5. The summed E-state index contributed by atoms with van der Waals surface area (Å²) >= 11 is 0. The Kier molecular flexibility index (Phi) is 5.08. The summed E-state index contributed by atoms with van der Waals surface area (Å²) in [5.41, 5.74) is -0.868. The molecule has 2 N–H and O–H groups in total. The largest absolute Gasteiger partial charge is 0.481 e. The van der Waals surface area contributed by atoms with Gasteiger partial charge >= 0.3 is 5.97 Å². The first-order valence-corrected chi connectivity index (χ1v) is 7.69. The topological polar surface area (TPSA) is 99.9 Å². The molecule has 0 aromatic carbocycles. The lowest BCUT2D eigenvalue weighted by molar-refractivity contribution is -0.151. The number of likely N-dealkylation sites (tertiary alicyclic amines) is 1. The van der Waals surface area contributed by atoms with Gasteiger partial charge in [0, 0.05) is 26.1 Å². The van der Waals surface area contributed by atoms with Gasteiger partial charge in [-0.3, -0.25) is 14.4 Å². The normalized spacial score (nSPS) is 20.7. The summed E-state index contributed by atoms with van der Waals surface area (Å²) in [5, 5.41) is 12.1. The molecule has 126 valence electrons. The Morgan fingerprint density at radius 3 is 2.70 bits per heavy atom. The fourth-order valence-electron chi connectivity index (χ4n) is 2.87. The Balaban J connectivity index is 1.83. The number of hydrogen-bond acceptors (Lipinski definition) is 4. The lowest BCUT2D eigenvalue weighted by Gasteiger charge is -2.28. The van der Waals surface area contributed by atoms with E-state index in [9.17, 15) is 19.5 Å². The van der Waals surface area contributed by atoms with E-state index in [1.165, 1.54) is 6.26 Å². The lowest BCUT2D eigenvalue weighted by atomic mass is 9.76. The van der Waals surface area contributed by atoms with Gasteiger partial charge in [0.2, 0.25) is 5.91 Å². The van der Waals surface area contributed by atoms with Crippen molar-refractivity contribution in [2.45, 2.75) is 26.7 Å². The van der Waals surface area contributed by atoms with Gasteiger partial charge in [-0.1, -0.05) is 13.8 Å². The molecule has 7 heteroatoms. The van der Waals surface area contributed by atoms with Crippen molar-refractivity contribution in [3.8, 4) is 0 Å². The maximum Gasteiger partial charge on any atom is 0.311 e. The molecule has 1 unspecified atom stereocenters. The van der Waals surface area contributed by atoms with Crippen LogP contribution in [0.3, 0.4) is 0 Å². The smallest absolute Gasteiger partial charge is 0.311 e. The van der Waals surface area contributed by atoms with Crippen molar-refractivity contribution in [1.82, 2.24) is 10.2 Å². The average molecular weight is 322 g/mol. The summed E-state index contributed by atoms with van der Waals surface area (Å²) in [4.78, 5) is 37.0. The van der Waals surface area contributed by atoms with Crippen molar-refractivity contribution in [3.05, 3.63) is 24.2 Å². The fourth-order valence-corrected chi connectivity index (χ4v) is 2.87. The first-order valence-electron chi connectivity index (χ1n) is 7.69. The molecular weight excluding hydrogens is 300 g/mol. The minimum absolute atomic E-state index is 0.0449. The summed E-state index contributed by atoms with van der Waals surface area (Å²) < 4.78 is 4.96. The number of carboxylic acid groups (broad SMARTS) is 1. The fraction of sp³-hybridized carbons (Fsp3) is 0.562. The van der Waals surface area contributed by atoms with Crippen molar-refractivity contribution >= 4 is 17.8 Å². The number of aliphatic carboxylic acids is 1. The number of carbonyl (C=O) groups excluding carboxylic acids is 2. The van der Waals surface area contributed by atoms with E-state index in [-0.39, 0.29) is 43.0 Å². The molecule has 0 aliphatic carbocycles. The number of amides is 2. The van der Waals surface area contributed by atoms with E-state index in [0.29, 0.717) is 13.0 Å². The van der Waals surface area contributed by atoms with Gasteiger partial charge in [-0.25, -0.2) is 0 Å². The molecule has 2 rings (SSSR count). The van der Waals surface area contributed by atoms with Crippen LogP contribution in [-0.4, -0.2) is 47.4 Å². The lowest BCUT2D eigenvalue weighted by Crippen LogP contribution is -2.41. The second-order valence-corrected chi connectivity index (χ2v) is 6.16.